The van der Waals surface area contributed by atoms with Gasteiger partial charge in [-0.25, -0.2) is 15.0 Å². The minimum atomic E-state index is -0.218. The summed E-state index contributed by atoms with van der Waals surface area (Å²) >= 11 is 0. The number of nitrogens with zero attached hydrogens (tertiary/aromatic N) is 3. The van der Waals surface area contributed by atoms with Crippen LogP contribution in [0.3, 0.4) is 0 Å². The summed E-state index contributed by atoms with van der Waals surface area (Å²) in [5.74, 6) is 0.777. The highest BCUT2D eigenvalue weighted by Crippen LogP contribution is 2.34. The van der Waals surface area contributed by atoms with Crippen LogP contribution in [0, 0.1) is 0 Å². The smallest absolute Gasteiger partial charge is 0.244 e. The second-order valence-electron chi connectivity index (χ2n) is 5.93. The van der Waals surface area contributed by atoms with Gasteiger partial charge in [-0.05, 0) is 31.5 Å². The van der Waals surface area contributed by atoms with Crippen LogP contribution in [0.25, 0.3) is 0 Å². The van der Waals surface area contributed by atoms with Gasteiger partial charge in [0, 0.05) is 24.7 Å². The van der Waals surface area contributed by atoms with Gasteiger partial charge in [0.25, 0.3) is 0 Å². The highest BCUT2D eigenvalue weighted by Gasteiger charge is 2.44. The molecule has 0 bridgehead atoms. The average Bonchev–Trinajstić information content (AvgIpc) is 2.70. The maximum absolute atomic E-state index is 12.4. The van der Waals surface area contributed by atoms with E-state index in [9.17, 15) is 4.79 Å². The van der Waals surface area contributed by atoms with E-state index in [0.29, 0.717) is 18.8 Å². The molecule has 1 saturated heterocycles. The molecule has 1 amide bonds. The molecule has 0 unspecified atom stereocenters. The number of amides is 1. The van der Waals surface area contributed by atoms with Crippen LogP contribution in [-0.2, 0) is 11.3 Å². The second kappa shape index (κ2) is 5.30. The van der Waals surface area contributed by atoms with Gasteiger partial charge in [0.2, 0.25) is 5.91 Å². The Morgan fingerprint density at radius 3 is 2.48 bits per heavy atom. The van der Waals surface area contributed by atoms with E-state index in [0.717, 1.165) is 0 Å². The van der Waals surface area contributed by atoms with Crippen molar-refractivity contribution in [3.05, 3.63) is 60.3 Å². The lowest BCUT2D eigenvalue weighted by Crippen LogP contribution is -2.47. The number of hydrogen-bond acceptors (Lipinski definition) is 3. The molecule has 2 aromatic rings. The number of anilines is 1. The van der Waals surface area contributed by atoms with Crippen LogP contribution in [0.1, 0.15) is 25.8 Å². The molecule has 4 nitrogen and oxygen atoms in total. The normalized spacial score (nSPS) is 18.2. The SMILES string of the molecule is CC1(C)CC(=O)N(c2ccccn2)N1Cc1ccccc1. The van der Waals surface area contributed by atoms with Crippen molar-refractivity contribution in [3.8, 4) is 0 Å². The zero-order valence-corrected chi connectivity index (χ0v) is 12.4. The van der Waals surface area contributed by atoms with Gasteiger partial charge in [-0.1, -0.05) is 36.4 Å². The molecule has 2 heterocycles. The fourth-order valence-corrected chi connectivity index (χ4v) is 2.71. The molecule has 4 heteroatoms. The molecule has 3 rings (SSSR count). The van der Waals surface area contributed by atoms with Crippen molar-refractivity contribution < 1.29 is 4.79 Å². The zero-order valence-electron chi connectivity index (χ0n) is 12.4. The van der Waals surface area contributed by atoms with Gasteiger partial charge in [-0.3, -0.25) is 4.79 Å². The highest BCUT2D eigenvalue weighted by molar-refractivity contribution is 5.94. The summed E-state index contributed by atoms with van der Waals surface area (Å²) in [4.78, 5) is 16.8. The summed E-state index contributed by atoms with van der Waals surface area (Å²) < 4.78 is 0. The molecule has 0 aliphatic carbocycles. The molecule has 1 aliphatic heterocycles. The predicted octanol–water partition coefficient (Wildman–Crippen LogP) is 3.01. The fraction of sp³-hybridized carbons (Fsp3) is 0.294. The summed E-state index contributed by atoms with van der Waals surface area (Å²) in [6.45, 7) is 4.88. The number of rotatable bonds is 3. The van der Waals surface area contributed by atoms with E-state index in [4.69, 9.17) is 0 Å². The van der Waals surface area contributed by atoms with Crippen molar-refractivity contribution in [3.63, 3.8) is 0 Å². The number of hydrogen-bond donors (Lipinski definition) is 0. The number of benzene rings is 1. The molecule has 0 radical (unpaired) electrons. The van der Waals surface area contributed by atoms with Crippen LogP contribution in [0.5, 0.6) is 0 Å². The third-order valence-corrected chi connectivity index (χ3v) is 3.80. The molecule has 0 N–H and O–H groups in total. The summed E-state index contributed by atoms with van der Waals surface area (Å²) in [5.41, 5.74) is 0.964. The molecule has 1 aromatic carbocycles. The van der Waals surface area contributed by atoms with E-state index in [-0.39, 0.29) is 11.4 Å². The summed E-state index contributed by atoms with van der Waals surface area (Å²) in [5, 5.41) is 3.82. The van der Waals surface area contributed by atoms with E-state index in [1.165, 1.54) is 5.56 Å². The first-order chi connectivity index (χ1) is 10.1. The Bertz CT molecular complexity index is 625. The van der Waals surface area contributed by atoms with Gasteiger partial charge in [0.15, 0.2) is 0 Å². The quantitative estimate of drug-likeness (QED) is 0.867. The number of pyridine rings is 1. The Balaban J connectivity index is 1.95. The van der Waals surface area contributed by atoms with Crippen molar-refractivity contribution in [1.29, 1.82) is 0 Å². The van der Waals surface area contributed by atoms with E-state index >= 15 is 0 Å². The van der Waals surface area contributed by atoms with Gasteiger partial charge >= 0.3 is 0 Å². The lowest BCUT2D eigenvalue weighted by molar-refractivity contribution is -0.118. The zero-order chi connectivity index (χ0) is 14.9. The first-order valence-corrected chi connectivity index (χ1v) is 7.13. The third-order valence-electron chi connectivity index (χ3n) is 3.80. The van der Waals surface area contributed by atoms with Gasteiger partial charge < -0.3 is 0 Å². The number of hydrazine groups is 1. The Morgan fingerprint density at radius 2 is 1.81 bits per heavy atom. The van der Waals surface area contributed by atoms with Crippen molar-refractivity contribution in [1.82, 2.24) is 9.99 Å². The maximum atomic E-state index is 12.4. The molecule has 21 heavy (non-hydrogen) atoms. The molecular weight excluding hydrogens is 262 g/mol. The van der Waals surface area contributed by atoms with Gasteiger partial charge in [-0.15, -0.1) is 0 Å². The molecule has 0 atom stereocenters. The first kappa shape index (κ1) is 13.8. The molecule has 108 valence electrons. The van der Waals surface area contributed by atoms with Crippen LogP contribution in [-0.4, -0.2) is 21.4 Å². The highest BCUT2D eigenvalue weighted by atomic mass is 16.2. The van der Waals surface area contributed by atoms with Crippen LogP contribution < -0.4 is 5.01 Å². The van der Waals surface area contributed by atoms with E-state index in [2.05, 4.69) is 36.0 Å². The first-order valence-electron chi connectivity index (χ1n) is 7.13. The molecule has 1 fully saturated rings. The van der Waals surface area contributed by atoms with Crippen LogP contribution in [0.4, 0.5) is 5.82 Å². The molecule has 0 saturated carbocycles. The van der Waals surface area contributed by atoms with Crippen LogP contribution >= 0.6 is 0 Å². The predicted molar refractivity (Wildman–Crippen MR) is 82.4 cm³/mol. The molecule has 1 aliphatic rings. The number of carbonyl (C=O) groups is 1. The minimum Gasteiger partial charge on any atom is -0.273 e. The molecular formula is C17H19N3O. The van der Waals surface area contributed by atoms with E-state index in [1.54, 1.807) is 11.2 Å². The lowest BCUT2D eigenvalue weighted by Gasteiger charge is -2.35. The largest absolute Gasteiger partial charge is 0.273 e. The van der Waals surface area contributed by atoms with Gasteiger partial charge in [-0.2, -0.15) is 0 Å². The van der Waals surface area contributed by atoms with Gasteiger partial charge in [0.1, 0.15) is 5.82 Å². The summed E-state index contributed by atoms with van der Waals surface area (Å²) in [7, 11) is 0. The maximum Gasteiger partial charge on any atom is 0.244 e. The average molecular weight is 281 g/mol. The fourth-order valence-electron chi connectivity index (χ4n) is 2.71. The lowest BCUT2D eigenvalue weighted by atomic mass is 10.0. The van der Waals surface area contributed by atoms with Crippen LogP contribution in [0.15, 0.2) is 54.7 Å². The molecule has 0 spiro atoms. The van der Waals surface area contributed by atoms with Crippen molar-refractivity contribution in [2.24, 2.45) is 0 Å². The standard InChI is InChI=1S/C17H19N3O/c1-17(2)12-16(21)20(15-10-6-7-11-18-15)19(17)13-14-8-4-3-5-9-14/h3-11H,12-13H2,1-2H3. The van der Waals surface area contributed by atoms with E-state index in [1.807, 2.05) is 36.4 Å². The Labute approximate surface area is 125 Å². The number of carbonyl (C=O) groups excluding carboxylic acids is 1. The summed E-state index contributed by atoms with van der Waals surface area (Å²) in [6, 6.07) is 15.8. The Kier molecular flexibility index (Phi) is 3.47. The topological polar surface area (TPSA) is 36.4 Å². The number of aromatic nitrogens is 1. The van der Waals surface area contributed by atoms with Crippen molar-refractivity contribution in [2.45, 2.75) is 32.4 Å². The minimum absolute atomic E-state index is 0.0923. The van der Waals surface area contributed by atoms with E-state index < -0.39 is 0 Å². The Hall–Kier alpha value is -2.20. The Morgan fingerprint density at radius 1 is 1.10 bits per heavy atom. The molecule has 1 aromatic heterocycles. The van der Waals surface area contributed by atoms with Crippen LogP contribution in [0.2, 0.25) is 0 Å². The second-order valence-corrected chi connectivity index (χ2v) is 5.93. The summed E-state index contributed by atoms with van der Waals surface area (Å²) in [6.07, 6.45) is 2.21. The van der Waals surface area contributed by atoms with Crippen molar-refractivity contribution >= 4 is 11.7 Å². The van der Waals surface area contributed by atoms with Crippen molar-refractivity contribution in [2.75, 3.05) is 5.01 Å². The third kappa shape index (κ3) is 2.67. The monoisotopic (exact) mass is 281 g/mol. The van der Waals surface area contributed by atoms with Gasteiger partial charge in [0.05, 0.1) is 0 Å².